The fourth-order valence-corrected chi connectivity index (χ4v) is 4.13. The molecule has 0 saturated carbocycles. The molecule has 2 aromatic heterocycles. The number of carbonyl (C=O) groups excluding carboxylic acids is 1. The fraction of sp³-hybridized carbons (Fsp3) is 0.300. The molecular formula is C20H21N5OS. The minimum atomic E-state index is -0.168. The summed E-state index contributed by atoms with van der Waals surface area (Å²) in [6, 6.07) is 9.92. The molecule has 1 amide bonds. The Kier molecular flexibility index (Phi) is 4.61. The van der Waals surface area contributed by atoms with Crippen molar-refractivity contribution in [2.24, 2.45) is 0 Å². The van der Waals surface area contributed by atoms with Crippen LogP contribution in [0, 0.1) is 20.8 Å². The van der Waals surface area contributed by atoms with Gasteiger partial charge in [-0.05, 0) is 62.9 Å². The smallest absolute Gasteiger partial charge is 0.284 e. The third kappa shape index (κ3) is 3.55. The minimum Gasteiger partial charge on any atom is -0.320 e. The Morgan fingerprint density at radius 3 is 2.78 bits per heavy atom. The molecule has 6 nitrogen and oxygen atoms in total. The van der Waals surface area contributed by atoms with Gasteiger partial charge in [-0.25, -0.2) is 4.98 Å². The van der Waals surface area contributed by atoms with Gasteiger partial charge in [-0.1, -0.05) is 12.1 Å². The summed E-state index contributed by atoms with van der Waals surface area (Å²) in [6.45, 7) is 6.74. The molecule has 0 saturated heterocycles. The number of anilines is 3. The molecule has 0 radical (unpaired) electrons. The summed E-state index contributed by atoms with van der Waals surface area (Å²) in [4.78, 5) is 20.6. The maximum Gasteiger partial charge on any atom is 0.284 e. The van der Waals surface area contributed by atoms with Crippen LogP contribution in [-0.2, 0) is 6.42 Å². The lowest BCUT2D eigenvalue weighted by Gasteiger charge is -2.25. The monoisotopic (exact) mass is 379 g/mol. The largest absolute Gasteiger partial charge is 0.320 e. The number of aromatic nitrogens is 3. The van der Waals surface area contributed by atoms with Crippen LogP contribution in [0.15, 0.2) is 30.3 Å². The number of hydrogen-bond donors (Lipinski definition) is 1. The van der Waals surface area contributed by atoms with Gasteiger partial charge in [0.1, 0.15) is 5.82 Å². The molecule has 0 spiro atoms. The quantitative estimate of drug-likeness (QED) is 0.739. The third-order valence-corrected chi connectivity index (χ3v) is 5.72. The SMILES string of the molecule is Cc1ccc(C)c(NC(=O)c2nc3c(s2)CCCN3c2ccc(C)nn2)c1. The highest BCUT2D eigenvalue weighted by atomic mass is 32.1. The third-order valence-electron chi connectivity index (χ3n) is 4.61. The van der Waals surface area contributed by atoms with E-state index in [2.05, 4.69) is 25.4 Å². The Bertz CT molecular complexity index is 996. The number of hydrogen-bond acceptors (Lipinski definition) is 6. The summed E-state index contributed by atoms with van der Waals surface area (Å²) in [5.41, 5.74) is 3.85. The lowest BCUT2D eigenvalue weighted by atomic mass is 10.1. The number of aryl methyl sites for hydroxylation is 4. The number of thiazole rings is 1. The normalized spacial score (nSPS) is 13.4. The van der Waals surface area contributed by atoms with E-state index in [1.165, 1.54) is 11.3 Å². The molecule has 0 bridgehead atoms. The first-order valence-corrected chi connectivity index (χ1v) is 9.79. The number of amides is 1. The molecule has 0 unspecified atom stereocenters. The molecule has 0 aliphatic carbocycles. The molecule has 1 aliphatic heterocycles. The van der Waals surface area contributed by atoms with Crippen LogP contribution in [0.1, 0.15) is 37.9 Å². The summed E-state index contributed by atoms with van der Waals surface area (Å²) < 4.78 is 0. The summed E-state index contributed by atoms with van der Waals surface area (Å²) >= 11 is 1.46. The zero-order valence-electron chi connectivity index (χ0n) is 15.6. The number of fused-ring (bicyclic) bond motifs is 1. The van der Waals surface area contributed by atoms with E-state index in [-0.39, 0.29) is 5.91 Å². The molecule has 4 rings (SSSR count). The number of nitrogens with one attached hydrogen (secondary N) is 1. The Hall–Kier alpha value is -2.80. The highest BCUT2D eigenvalue weighted by molar-refractivity contribution is 7.14. The van der Waals surface area contributed by atoms with Gasteiger partial charge in [0.2, 0.25) is 0 Å². The van der Waals surface area contributed by atoms with Crippen molar-refractivity contribution in [2.75, 3.05) is 16.8 Å². The van der Waals surface area contributed by atoms with Gasteiger partial charge in [0.25, 0.3) is 5.91 Å². The predicted octanol–water partition coefficient (Wildman–Crippen LogP) is 4.19. The molecule has 27 heavy (non-hydrogen) atoms. The highest BCUT2D eigenvalue weighted by Crippen LogP contribution is 2.35. The Balaban J connectivity index is 1.62. The highest BCUT2D eigenvalue weighted by Gasteiger charge is 2.26. The van der Waals surface area contributed by atoms with E-state index in [0.717, 1.165) is 58.4 Å². The van der Waals surface area contributed by atoms with Crippen molar-refractivity contribution >= 4 is 34.6 Å². The van der Waals surface area contributed by atoms with Gasteiger partial charge < -0.3 is 10.2 Å². The summed E-state index contributed by atoms with van der Waals surface area (Å²) in [5.74, 6) is 1.43. The van der Waals surface area contributed by atoms with E-state index in [9.17, 15) is 4.79 Å². The second-order valence-electron chi connectivity index (χ2n) is 6.83. The summed E-state index contributed by atoms with van der Waals surface area (Å²) in [6.07, 6.45) is 1.93. The van der Waals surface area contributed by atoms with Crippen LogP contribution in [0.3, 0.4) is 0 Å². The Labute approximate surface area is 162 Å². The average Bonchev–Trinajstić information content (AvgIpc) is 3.10. The molecule has 0 atom stereocenters. The van der Waals surface area contributed by atoms with Crippen LogP contribution in [0.25, 0.3) is 0 Å². The number of rotatable bonds is 3. The topological polar surface area (TPSA) is 71.0 Å². The van der Waals surface area contributed by atoms with Crippen molar-refractivity contribution in [3.05, 3.63) is 57.0 Å². The standard InChI is InChI=1S/C20H21N5OS/c1-12-6-7-13(2)15(11-12)21-19(26)20-22-18-16(27-20)5-4-10-25(18)17-9-8-14(3)23-24-17/h6-9,11H,4-5,10H2,1-3H3,(H,21,26). The molecule has 7 heteroatoms. The van der Waals surface area contributed by atoms with Crippen molar-refractivity contribution < 1.29 is 4.79 Å². The van der Waals surface area contributed by atoms with Gasteiger partial charge in [-0.3, -0.25) is 4.79 Å². The van der Waals surface area contributed by atoms with Crippen LogP contribution in [0.4, 0.5) is 17.3 Å². The van der Waals surface area contributed by atoms with Crippen LogP contribution in [0.2, 0.25) is 0 Å². The lowest BCUT2D eigenvalue weighted by molar-refractivity contribution is 0.102. The van der Waals surface area contributed by atoms with Gasteiger partial charge in [0.05, 0.1) is 5.69 Å². The van der Waals surface area contributed by atoms with E-state index in [0.29, 0.717) is 5.01 Å². The molecule has 138 valence electrons. The molecule has 0 fully saturated rings. The molecule has 3 aromatic rings. The second-order valence-corrected chi connectivity index (χ2v) is 7.91. The molecule has 1 N–H and O–H groups in total. The predicted molar refractivity (Wildman–Crippen MR) is 108 cm³/mol. The minimum absolute atomic E-state index is 0.168. The lowest BCUT2D eigenvalue weighted by Crippen LogP contribution is -2.25. The van der Waals surface area contributed by atoms with E-state index >= 15 is 0 Å². The molecule has 1 aromatic carbocycles. The molecule has 1 aliphatic rings. The van der Waals surface area contributed by atoms with Crippen LogP contribution in [-0.4, -0.2) is 27.6 Å². The Morgan fingerprint density at radius 2 is 2.00 bits per heavy atom. The van der Waals surface area contributed by atoms with Crippen molar-refractivity contribution in [1.82, 2.24) is 15.2 Å². The van der Waals surface area contributed by atoms with Crippen LogP contribution >= 0.6 is 11.3 Å². The van der Waals surface area contributed by atoms with Gasteiger partial charge in [0.15, 0.2) is 10.8 Å². The fourth-order valence-electron chi connectivity index (χ4n) is 3.12. The maximum absolute atomic E-state index is 12.8. The first-order valence-electron chi connectivity index (χ1n) is 8.97. The van der Waals surface area contributed by atoms with Crippen molar-refractivity contribution in [2.45, 2.75) is 33.6 Å². The van der Waals surface area contributed by atoms with Crippen molar-refractivity contribution in [1.29, 1.82) is 0 Å². The van der Waals surface area contributed by atoms with Crippen LogP contribution < -0.4 is 10.2 Å². The van der Waals surface area contributed by atoms with Gasteiger partial charge in [-0.2, -0.15) is 5.10 Å². The number of benzene rings is 1. The van der Waals surface area contributed by atoms with Gasteiger partial charge in [0, 0.05) is 17.1 Å². The van der Waals surface area contributed by atoms with Crippen LogP contribution in [0.5, 0.6) is 0 Å². The van der Waals surface area contributed by atoms with E-state index in [1.54, 1.807) is 0 Å². The first-order chi connectivity index (χ1) is 13.0. The zero-order chi connectivity index (χ0) is 19.0. The van der Waals surface area contributed by atoms with Crippen molar-refractivity contribution in [3.8, 4) is 0 Å². The van der Waals surface area contributed by atoms with E-state index in [1.807, 2.05) is 51.1 Å². The maximum atomic E-state index is 12.8. The summed E-state index contributed by atoms with van der Waals surface area (Å²) in [5, 5.41) is 11.9. The first kappa shape index (κ1) is 17.6. The molecular weight excluding hydrogens is 358 g/mol. The van der Waals surface area contributed by atoms with Gasteiger partial charge >= 0.3 is 0 Å². The molecule has 3 heterocycles. The van der Waals surface area contributed by atoms with Crippen molar-refractivity contribution in [3.63, 3.8) is 0 Å². The zero-order valence-corrected chi connectivity index (χ0v) is 16.4. The number of carbonyl (C=O) groups is 1. The van der Waals surface area contributed by atoms with Gasteiger partial charge in [-0.15, -0.1) is 16.4 Å². The second kappa shape index (κ2) is 7.08. The average molecular weight is 379 g/mol. The summed E-state index contributed by atoms with van der Waals surface area (Å²) in [7, 11) is 0. The van der Waals surface area contributed by atoms with E-state index < -0.39 is 0 Å². The number of nitrogens with zero attached hydrogens (tertiary/aromatic N) is 4. The van der Waals surface area contributed by atoms with E-state index in [4.69, 9.17) is 0 Å². The Morgan fingerprint density at radius 1 is 1.15 bits per heavy atom.